The van der Waals surface area contributed by atoms with Gasteiger partial charge in [-0.1, -0.05) is 12.1 Å². The van der Waals surface area contributed by atoms with Crippen LogP contribution in [0.5, 0.6) is 5.75 Å². The van der Waals surface area contributed by atoms with Crippen LogP contribution >= 0.6 is 0 Å². The maximum Gasteiger partial charge on any atom is 0.142 e. The van der Waals surface area contributed by atoms with Crippen LogP contribution in [-0.2, 0) is 13.1 Å². The Balaban J connectivity index is 1.86. The Morgan fingerprint density at radius 1 is 1.28 bits per heavy atom. The Bertz CT molecular complexity index is 535. The Hall–Kier alpha value is -1.97. The lowest BCUT2D eigenvalue weighted by atomic mass is 10.2. The molecule has 0 spiro atoms. The zero-order chi connectivity index (χ0) is 12.4. The smallest absolute Gasteiger partial charge is 0.142 e. The number of fused-ring (bicyclic) bond motifs is 1. The molecule has 94 valence electrons. The van der Waals surface area contributed by atoms with E-state index in [1.54, 1.807) is 0 Å². The van der Waals surface area contributed by atoms with E-state index in [1.807, 2.05) is 23.0 Å². The first-order chi connectivity index (χ1) is 8.88. The molecular weight excluding hydrogens is 226 g/mol. The van der Waals surface area contributed by atoms with Crippen LogP contribution in [0.1, 0.15) is 12.6 Å². The molecule has 0 radical (unpaired) electrons. The van der Waals surface area contributed by atoms with Crippen molar-refractivity contribution >= 4 is 5.69 Å². The van der Waals surface area contributed by atoms with Crippen LogP contribution in [0, 0.1) is 0 Å². The molecule has 1 aromatic heterocycles. The van der Waals surface area contributed by atoms with Gasteiger partial charge in [0, 0.05) is 12.7 Å². The van der Waals surface area contributed by atoms with Crippen LogP contribution in [0.15, 0.2) is 36.5 Å². The molecule has 4 nitrogen and oxygen atoms in total. The minimum atomic E-state index is 0.747. The van der Waals surface area contributed by atoms with E-state index in [-0.39, 0.29) is 0 Å². The number of benzene rings is 1. The lowest BCUT2D eigenvalue weighted by molar-refractivity contribution is 0.306. The van der Waals surface area contributed by atoms with E-state index >= 15 is 0 Å². The standard InChI is InChI=1S/C14H17N3O/c1-2-17-12(7-8-15-17)11-16-9-10-18-14-6-4-3-5-13(14)16/h3-8H,2,9-11H2,1H3. The largest absolute Gasteiger partial charge is 0.490 e. The first kappa shape index (κ1) is 11.1. The quantitative estimate of drug-likeness (QED) is 0.828. The Labute approximate surface area is 107 Å². The highest BCUT2D eigenvalue weighted by Gasteiger charge is 2.18. The molecular formula is C14H17N3O. The second kappa shape index (κ2) is 4.72. The summed E-state index contributed by atoms with van der Waals surface area (Å²) in [5.41, 5.74) is 2.42. The molecule has 4 heteroatoms. The van der Waals surface area contributed by atoms with E-state index in [1.165, 1.54) is 11.4 Å². The highest BCUT2D eigenvalue weighted by atomic mass is 16.5. The number of para-hydroxylation sites is 2. The zero-order valence-corrected chi connectivity index (χ0v) is 10.5. The van der Waals surface area contributed by atoms with E-state index in [9.17, 15) is 0 Å². The monoisotopic (exact) mass is 243 g/mol. The molecule has 0 amide bonds. The molecule has 0 saturated carbocycles. The van der Waals surface area contributed by atoms with Crippen molar-refractivity contribution in [2.45, 2.75) is 20.0 Å². The number of aryl methyl sites for hydroxylation is 1. The summed E-state index contributed by atoms with van der Waals surface area (Å²) < 4.78 is 7.71. The second-order valence-electron chi connectivity index (χ2n) is 4.38. The summed E-state index contributed by atoms with van der Waals surface area (Å²) in [5.74, 6) is 0.978. The number of hydrogen-bond acceptors (Lipinski definition) is 3. The molecule has 0 aliphatic carbocycles. The zero-order valence-electron chi connectivity index (χ0n) is 10.5. The van der Waals surface area contributed by atoms with Gasteiger partial charge >= 0.3 is 0 Å². The molecule has 2 heterocycles. The fraction of sp³-hybridized carbons (Fsp3) is 0.357. The fourth-order valence-corrected chi connectivity index (χ4v) is 2.37. The van der Waals surface area contributed by atoms with Gasteiger partial charge in [0.05, 0.1) is 24.5 Å². The lowest BCUT2D eigenvalue weighted by Gasteiger charge is -2.31. The highest BCUT2D eigenvalue weighted by Crippen LogP contribution is 2.31. The summed E-state index contributed by atoms with van der Waals surface area (Å²) >= 11 is 0. The van der Waals surface area contributed by atoms with Crippen LogP contribution in [0.25, 0.3) is 0 Å². The van der Waals surface area contributed by atoms with Gasteiger partial charge < -0.3 is 9.64 Å². The van der Waals surface area contributed by atoms with Crippen molar-refractivity contribution in [1.82, 2.24) is 9.78 Å². The maximum absolute atomic E-state index is 5.67. The summed E-state index contributed by atoms with van der Waals surface area (Å²) in [6.07, 6.45) is 1.87. The van der Waals surface area contributed by atoms with Gasteiger partial charge in [-0.3, -0.25) is 4.68 Å². The summed E-state index contributed by atoms with van der Waals surface area (Å²) in [7, 11) is 0. The summed E-state index contributed by atoms with van der Waals surface area (Å²) in [5, 5.41) is 4.31. The average Bonchev–Trinajstić information content (AvgIpc) is 2.86. The van der Waals surface area contributed by atoms with Crippen molar-refractivity contribution < 1.29 is 4.74 Å². The van der Waals surface area contributed by atoms with Crippen LogP contribution in [-0.4, -0.2) is 22.9 Å². The first-order valence-corrected chi connectivity index (χ1v) is 6.36. The van der Waals surface area contributed by atoms with Gasteiger partial charge in [0.2, 0.25) is 0 Å². The topological polar surface area (TPSA) is 30.3 Å². The average molecular weight is 243 g/mol. The normalized spacial score (nSPS) is 14.2. The molecule has 0 fully saturated rings. The molecule has 0 bridgehead atoms. The van der Waals surface area contributed by atoms with Crippen molar-refractivity contribution in [1.29, 1.82) is 0 Å². The lowest BCUT2D eigenvalue weighted by Crippen LogP contribution is -2.32. The molecule has 18 heavy (non-hydrogen) atoms. The van der Waals surface area contributed by atoms with Crippen molar-refractivity contribution in [2.75, 3.05) is 18.1 Å². The van der Waals surface area contributed by atoms with E-state index in [0.717, 1.165) is 32.0 Å². The van der Waals surface area contributed by atoms with Gasteiger partial charge in [0.15, 0.2) is 0 Å². The summed E-state index contributed by atoms with van der Waals surface area (Å²) in [6, 6.07) is 10.3. The van der Waals surface area contributed by atoms with Crippen molar-refractivity contribution in [2.24, 2.45) is 0 Å². The first-order valence-electron chi connectivity index (χ1n) is 6.36. The molecule has 3 rings (SSSR count). The number of hydrogen-bond donors (Lipinski definition) is 0. The van der Waals surface area contributed by atoms with Crippen LogP contribution in [0.2, 0.25) is 0 Å². The summed E-state index contributed by atoms with van der Waals surface area (Å²) in [4.78, 5) is 2.35. The minimum absolute atomic E-state index is 0.747. The van der Waals surface area contributed by atoms with E-state index in [2.05, 4.69) is 35.1 Å². The molecule has 1 aliphatic heterocycles. The predicted molar refractivity (Wildman–Crippen MR) is 70.9 cm³/mol. The van der Waals surface area contributed by atoms with Gasteiger partial charge in [0.25, 0.3) is 0 Å². The Morgan fingerprint density at radius 3 is 3.06 bits per heavy atom. The van der Waals surface area contributed by atoms with Crippen LogP contribution < -0.4 is 9.64 Å². The summed E-state index contributed by atoms with van der Waals surface area (Å²) in [6.45, 7) is 5.58. The number of anilines is 1. The molecule has 0 unspecified atom stereocenters. The van der Waals surface area contributed by atoms with E-state index in [4.69, 9.17) is 4.74 Å². The third-order valence-corrected chi connectivity index (χ3v) is 3.28. The fourth-order valence-electron chi connectivity index (χ4n) is 2.37. The van der Waals surface area contributed by atoms with Gasteiger partial charge in [0.1, 0.15) is 12.4 Å². The number of rotatable bonds is 3. The van der Waals surface area contributed by atoms with E-state index in [0.29, 0.717) is 0 Å². The van der Waals surface area contributed by atoms with Gasteiger partial charge in [-0.25, -0.2) is 0 Å². The van der Waals surface area contributed by atoms with Crippen molar-refractivity contribution in [3.05, 3.63) is 42.2 Å². The van der Waals surface area contributed by atoms with Crippen molar-refractivity contribution in [3.63, 3.8) is 0 Å². The third kappa shape index (κ3) is 1.94. The molecule has 0 atom stereocenters. The molecule has 2 aromatic rings. The molecule has 0 N–H and O–H groups in total. The van der Waals surface area contributed by atoms with Crippen molar-refractivity contribution in [3.8, 4) is 5.75 Å². The van der Waals surface area contributed by atoms with Crippen LogP contribution in [0.4, 0.5) is 5.69 Å². The number of aromatic nitrogens is 2. The molecule has 1 aliphatic rings. The number of nitrogens with zero attached hydrogens (tertiary/aromatic N) is 3. The Morgan fingerprint density at radius 2 is 2.17 bits per heavy atom. The third-order valence-electron chi connectivity index (χ3n) is 3.28. The predicted octanol–water partition coefficient (Wildman–Crippen LogP) is 2.30. The van der Waals surface area contributed by atoms with Crippen LogP contribution in [0.3, 0.4) is 0 Å². The number of ether oxygens (including phenoxy) is 1. The maximum atomic E-state index is 5.67. The minimum Gasteiger partial charge on any atom is -0.490 e. The molecule has 1 aromatic carbocycles. The molecule has 0 saturated heterocycles. The van der Waals surface area contributed by atoms with E-state index < -0.39 is 0 Å². The van der Waals surface area contributed by atoms with Gasteiger partial charge in [-0.2, -0.15) is 5.10 Å². The van der Waals surface area contributed by atoms with Gasteiger partial charge in [-0.15, -0.1) is 0 Å². The Kier molecular flexibility index (Phi) is 2.92. The highest BCUT2D eigenvalue weighted by molar-refractivity contribution is 5.59. The second-order valence-corrected chi connectivity index (χ2v) is 4.38. The SMILES string of the molecule is CCn1nccc1CN1CCOc2ccccc21. The van der Waals surface area contributed by atoms with Gasteiger partial charge in [-0.05, 0) is 25.1 Å².